The van der Waals surface area contributed by atoms with Gasteiger partial charge >= 0.3 is 51.4 Å². The fraction of sp³-hybridized carbons (Fsp3) is 0. The van der Waals surface area contributed by atoms with Crippen LogP contribution >= 0.6 is 0 Å². The van der Waals surface area contributed by atoms with E-state index in [1.54, 1.807) is 0 Å². The van der Waals surface area contributed by atoms with E-state index in [1.807, 2.05) is 0 Å². The zero-order valence-corrected chi connectivity index (χ0v) is 75.8. The normalized spacial score (nSPS) is 12.3. The highest BCUT2D eigenvalue weighted by Crippen LogP contribution is 2.34. The molecule has 0 saturated heterocycles. The second-order valence-electron chi connectivity index (χ2n) is 30.4. The SMILES string of the molecule is c1ccc([Si](O[Si](O[Si](O[Si](O[Si](c2ccccc2)(c2ccccc2)c2ccccc2)(c2ccccc2)c2ccccc2)(c2ccccc2)c2ccccc2)(c2ccccc2)c2ccccc2)(O[Si](O[Si](O[Si](c2ccccc2)(c2ccccc2)c2ccccc2)(c2ccccc2)c2ccccc2)(c2ccccc2)c2ccccc2)c2ccccc2)cc1. The molecule has 0 aliphatic rings. The molecule has 18 aromatic carbocycles. The minimum atomic E-state index is -4.96. The van der Waals surface area contributed by atoms with Gasteiger partial charge in [0.2, 0.25) is 0 Å². The first-order chi connectivity index (χ1) is 60.8. The van der Waals surface area contributed by atoms with Gasteiger partial charge in [0.15, 0.2) is 0 Å². The molecule has 7 nitrogen and oxygen atoms in total. The average Bonchev–Trinajstić information content (AvgIpc) is 0.699. The summed E-state index contributed by atoms with van der Waals surface area (Å²) in [6.07, 6.45) is 0. The van der Waals surface area contributed by atoms with E-state index in [1.165, 1.54) is 0 Å². The lowest BCUT2D eigenvalue weighted by molar-refractivity contribution is 0.294. The molecule has 0 spiro atoms. The van der Waals surface area contributed by atoms with Gasteiger partial charge in [-0.3, -0.25) is 0 Å². The second-order valence-corrected chi connectivity index (χ2v) is 56.6. The van der Waals surface area contributed by atoms with Crippen molar-refractivity contribution in [3.05, 3.63) is 546 Å². The van der Waals surface area contributed by atoms with Crippen molar-refractivity contribution < 1.29 is 28.8 Å². The van der Waals surface area contributed by atoms with Crippen molar-refractivity contribution in [1.82, 2.24) is 0 Å². The maximum absolute atomic E-state index is 9.75. The Morgan fingerprint density at radius 3 is 0.244 bits per heavy atom. The maximum atomic E-state index is 9.75. The molecule has 596 valence electrons. The van der Waals surface area contributed by atoms with Crippen LogP contribution in [0.15, 0.2) is 546 Å². The molecular formula is C108H90O7Si8. The summed E-state index contributed by atoms with van der Waals surface area (Å²) in [7, 11) is -36.7. The van der Waals surface area contributed by atoms with Crippen molar-refractivity contribution in [2.24, 2.45) is 0 Å². The van der Waals surface area contributed by atoms with Crippen molar-refractivity contribution in [1.29, 1.82) is 0 Å². The van der Waals surface area contributed by atoms with Gasteiger partial charge in [0.1, 0.15) is 0 Å². The van der Waals surface area contributed by atoms with E-state index in [2.05, 4.69) is 546 Å². The molecule has 123 heavy (non-hydrogen) atoms. The first-order valence-corrected chi connectivity index (χ1v) is 56.5. The van der Waals surface area contributed by atoms with Crippen LogP contribution in [0.25, 0.3) is 0 Å². The Balaban J connectivity index is 0.981. The fourth-order valence-electron chi connectivity index (χ4n) is 17.3. The van der Waals surface area contributed by atoms with E-state index in [0.717, 1.165) is 93.4 Å². The summed E-state index contributed by atoms with van der Waals surface area (Å²) in [6.45, 7) is 0. The van der Waals surface area contributed by atoms with Gasteiger partial charge in [-0.05, 0) is 93.4 Å². The summed E-state index contributed by atoms with van der Waals surface area (Å²) < 4.78 is 66.8. The Labute approximate surface area is 730 Å². The van der Waals surface area contributed by atoms with E-state index in [0.29, 0.717) is 0 Å². The van der Waals surface area contributed by atoms with Crippen LogP contribution in [0.1, 0.15) is 0 Å². The molecule has 0 aromatic heterocycles. The van der Waals surface area contributed by atoms with Crippen LogP contribution in [0.2, 0.25) is 0 Å². The maximum Gasteiger partial charge on any atom is 0.390 e. The molecule has 0 aliphatic carbocycles. The van der Waals surface area contributed by atoms with E-state index >= 15 is 0 Å². The first kappa shape index (κ1) is 81.4. The van der Waals surface area contributed by atoms with Crippen LogP contribution in [0.3, 0.4) is 0 Å². The van der Waals surface area contributed by atoms with Crippen LogP contribution in [0.5, 0.6) is 0 Å². The van der Waals surface area contributed by atoms with Crippen molar-refractivity contribution in [3.8, 4) is 0 Å². The van der Waals surface area contributed by atoms with Crippen molar-refractivity contribution in [3.63, 3.8) is 0 Å². The highest BCUT2D eigenvalue weighted by molar-refractivity contribution is 7.19. The van der Waals surface area contributed by atoms with Gasteiger partial charge in [-0.1, -0.05) is 546 Å². The summed E-state index contributed by atoms with van der Waals surface area (Å²) in [5.74, 6) is 0. The largest absolute Gasteiger partial charge is 0.419 e. The molecule has 0 unspecified atom stereocenters. The standard InChI is InChI=1S/C108H90O7Si8/c1-19-55-91(56-20-1)116(92-57-21-2-22-58-92,93-59-23-3-24-60-93)109-118(97-67-31-7-32-68-97,98-69-33-8-34-70-98)111-120(101-75-39-11-40-76-101,102-77-41-12-42-78-102)113-122(105-83-47-15-48-84-105,106-85-49-16-50-86-106)115-123(107-87-51-17-52-88-107,108-89-53-18-54-90-108)114-121(103-79-43-13-44-80-103,104-81-45-14-46-82-104)112-119(99-71-35-9-36-72-99,100-73-37-10-38-74-100)110-117(94-61-25-4-26-62-94,95-63-27-5-28-64-95)96-65-29-6-30-66-96/h1-90H. The molecule has 0 fully saturated rings. The minimum absolute atomic E-state index is 0.794. The van der Waals surface area contributed by atoms with Gasteiger partial charge < -0.3 is 28.8 Å². The lowest BCUT2D eigenvalue weighted by atomic mass is 10.3. The quantitative estimate of drug-likeness (QED) is 0.0307. The van der Waals surface area contributed by atoms with Crippen LogP contribution in [-0.2, 0) is 28.8 Å². The molecule has 15 heteroatoms. The third kappa shape index (κ3) is 15.9. The lowest BCUT2D eigenvalue weighted by Gasteiger charge is -2.52. The van der Waals surface area contributed by atoms with E-state index in [-0.39, 0.29) is 0 Å². The van der Waals surface area contributed by atoms with Gasteiger partial charge in [-0.2, -0.15) is 0 Å². The molecule has 0 N–H and O–H groups in total. The highest BCUT2D eigenvalue weighted by atomic mass is 28.5. The Hall–Kier alpha value is -12.6. The predicted molar refractivity (Wildman–Crippen MR) is 523 cm³/mol. The lowest BCUT2D eigenvalue weighted by Crippen LogP contribution is -2.87. The molecule has 0 saturated carbocycles. The number of rotatable bonds is 32. The highest BCUT2D eigenvalue weighted by Gasteiger charge is 2.68. The average molecular weight is 1720 g/mol. The van der Waals surface area contributed by atoms with Crippen LogP contribution < -0.4 is 93.4 Å². The Kier molecular flexibility index (Phi) is 24.5. The molecule has 0 heterocycles. The Morgan fingerprint density at radius 2 is 0.154 bits per heavy atom. The van der Waals surface area contributed by atoms with Gasteiger partial charge in [0.05, 0.1) is 0 Å². The smallest absolute Gasteiger partial charge is 0.390 e. The summed E-state index contributed by atoms with van der Waals surface area (Å²) in [4.78, 5) is 0. The third-order valence-electron chi connectivity index (χ3n) is 23.0. The van der Waals surface area contributed by atoms with E-state index < -0.39 is 68.0 Å². The van der Waals surface area contributed by atoms with Gasteiger partial charge in [0, 0.05) is 0 Å². The first-order valence-electron chi connectivity index (χ1n) is 41.8. The minimum Gasteiger partial charge on any atom is -0.419 e. The molecule has 18 rings (SSSR count). The molecule has 18 aromatic rings. The van der Waals surface area contributed by atoms with E-state index in [4.69, 9.17) is 0 Å². The van der Waals surface area contributed by atoms with Gasteiger partial charge in [-0.15, -0.1) is 0 Å². The van der Waals surface area contributed by atoms with Gasteiger partial charge in [-0.25, -0.2) is 0 Å². The topological polar surface area (TPSA) is 64.6 Å². The molecule has 0 aliphatic heterocycles. The predicted octanol–water partition coefficient (Wildman–Crippen LogP) is 12.0. The molecule has 0 amide bonds. The van der Waals surface area contributed by atoms with E-state index in [9.17, 15) is 28.8 Å². The summed E-state index contributed by atoms with van der Waals surface area (Å²) in [5, 5.41) is 16.2. The third-order valence-corrected chi connectivity index (χ3v) is 59.2. The Bertz CT molecular complexity index is 5490. The molecule has 0 bridgehead atoms. The second kappa shape index (κ2) is 37.0. The van der Waals surface area contributed by atoms with Crippen LogP contribution in [0, 0.1) is 0 Å². The molecule has 0 radical (unpaired) electrons. The Morgan fingerprint density at radius 1 is 0.0813 bits per heavy atom. The number of benzene rings is 18. The zero-order valence-electron chi connectivity index (χ0n) is 67.8. The molecule has 0 atom stereocenters. The summed E-state index contributed by atoms with van der Waals surface area (Å²) >= 11 is 0. The number of hydrogen-bond donors (Lipinski definition) is 0. The van der Waals surface area contributed by atoms with Crippen molar-refractivity contribution >= 4 is 161 Å². The summed E-state index contributed by atoms with van der Waals surface area (Å²) in [6, 6.07) is 194. The van der Waals surface area contributed by atoms with Crippen LogP contribution in [-0.4, -0.2) is 68.0 Å². The van der Waals surface area contributed by atoms with Crippen LogP contribution in [0.4, 0.5) is 0 Å². The monoisotopic (exact) mass is 1720 g/mol. The molecular weight excluding hydrogens is 1630 g/mol. The van der Waals surface area contributed by atoms with Crippen molar-refractivity contribution in [2.45, 2.75) is 0 Å². The number of hydrogen-bond acceptors (Lipinski definition) is 7. The van der Waals surface area contributed by atoms with Crippen molar-refractivity contribution in [2.75, 3.05) is 0 Å². The fourth-order valence-corrected chi connectivity index (χ4v) is 61.7. The summed E-state index contributed by atoms with van der Waals surface area (Å²) in [5.41, 5.74) is 0. The zero-order chi connectivity index (χ0) is 83.0. The van der Waals surface area contributed by atoms with Gasteiger partial charge in [0.25, 0.3) is 16.6 Å².